The van der Waals surface area contributed by atoms with Crippen LogP contribution in [0, 0.1) is 6.92 Å². The Balaban J connectivity index is 2.29. The van der Waals surface area contributed by atoms with Crippen LogP contribution >= 0.6 is 11.3 Å². The summed E-state index contributed by atoms with van der Waals surface area (Å²) < 4.78 is 81.0. The second-order valence-electron chi connectivity index (χ2n) is 4.39. The van der Waals surface area contributed by atoms with E-state index in [4.69, 9.17) is 4.74 Å². The fourth-order valence-corrected chi connectivity index (χ4v) is 2.24. The summed E-state index contributed by atoms with van der Waals surface area (Å²) in [7, 11) is 0. The zero-order valence-electron chi connectivity index (χ0n) is 11.0. The van der Waals surface area contributed by atoms with Gasteiger partial charge in [-0.2, -0.15) is 26.3 Å². The number of ether oxygens (including phenoxy) is 1. The smallest absolute Gasteiger partial charge is 0.416 e. The highest BCUT2D eigenvalue weighted by Crippen LogP contribution is 2.38. The molecule has 1 aromatic heterocycles. The molecule has 0 aliphatic rings. The maximum atomic E-state index is 12.7. The first-order valence-corrected chi connectivity index (χ1v) is 6.77. The van der Waals surface area contributed by atoms with E-state index in [1.807, 2.05) is 0 Å². The van der Waals surface area contributed by atoms with E-state index in [1.54, 1.807) is 12.3 Å². The summed E-state index contributed by atoms with van der Waals surface area (Å²) in [5.41, 5.74) is -2.38. The van der Waals surface area contributed by atoms with Crippen LogP contribution in [0.2, 0.25) is 0 Å². The first kappa shape index (κ1) is 16.6. The monoisotopic (exact) mass is 341 g/mol. The average molecular weight is 341 g/mol. The van der Waals surface area contributed by atoms with Crippen molar-refractivity contribution < 1.29 is 31.1 Å². The molecule has 1 aromatic carbocycles. The highest BCUT2D eigenvalue weighted by molar-refractivity contribution is 7.09. The van der Waals surface area contributed by atoms with Crippen molar-refractivity contribution in [3.63, 3.8) is 0 Å². The van der Waals surface area contributed by atoms with Gasteiger partial charge < -0.3 is 4.74 Å². The molecule has 0 fully saturated rings. The van der Waals surface area contributed by atoms with Crippen LogP contribution < -0.4 is 4.74 Å². The third kappa shape index (κ3) is 4.12. The van der Waals surface area contributed by atoms with Crippen molar-refractivity contribution in [1.82, 2.24) is 4.98 Å². The summed E-state index contributed by atoms with van der Waals surface area (Å²) in [6.45, 7) is 1.52. The number of benzene rings is 1. The average Bonchev–Trinajstić information content (AvgIpc) is 2.80. The second kappa shape index (κ2) is 5.79. The van der Waals surface area contributed by atoms with Crippen molar-refractivity contribution in [1.29, 1.82) is 0 Å². The minimum atomic E-state index is -4.89. The summed E-state index contributed by atoms with van der Waals surface area (Å²) >= 11 is 1.30. The molecule has 0 aliphatic carbocycles. The Bertz CT molecular complexity index is 629. The van der Waals surface area contributed by atoms with Crippen LogP contribution in [0.5, 0.6) is 5.75 Å². The highest BCUT2D eigenvalue weighted by Gasteiger charge is 2.37. The van der Waals surface area contributed by atoms with E-state index in [9.17, 15) is 26.3 Å². The van der Waals surface area contributed by atoms with Crippen molar-refractivity contribution in [3.8, 4) is 5.75 Å². The van der Waals surface area contributed by atoms with E-state index in [1.165, 1.54) is 11.3 Å². The lowest BCUT2D eigenvalue weighted by molar-refractivity contribution is -0.143. The Kier molecular flexibility index (Phi) is 4.37. The lowest BCUT2D eigenvalue weighted by Gasteiger charge is -2.14. The molecule has 0 saturated carbocycles. The number of rotatable bonds is 3. The molecule has 120 valence electrons. The number of hydrogen-bond acceptors (Lipinski definition) is 3. The van der Waals surface area contributed by atoms with Crippen LogP contribution in [0.1, 0.15) is 21.8 Å². The number of hydrogen-bond donors (Lipinski definition) is 0. The van der Waals surface area contributed by atoms with Crippen LogP contribution in [0.4, 0.5) is 26.3 Å². The van der Waals surface area contributed by atoms with Gasteiger partial charge in [0.15, 0.2) is 0 Å². The Morgan fingerprint density at radius 1 is 1.00 bits per heavy atom. The fourth-order valence-electron chi connectivity index (χ4n) is 1.64. The summed E-state index contributed by atoms with van der Waals surface area (Å²) in [6, 6.07) is 1.13. The Labute approximate surface area is 125 Å². The van der Waals surface area contributed by atoms with Gasteiger partial charge in [-0.1, -0.05) is 0 Å². The van der Waals surface area contributed by atoms with Crippen LogP contribution in [0.25, 0.3) is 0 Å². The number of halogens is 6. The third-order valence-corrected chi connectivity index (χ3v) is 3.44. The number of aryl methyl sites for hydroxylation is 1. The molecule has 22 heavy (non-hydrogen) atoms. The van der Waals surface area contributed by atoms with Crippen LogP contribution in [0.15, 0.2) is 23.6 Å². The van der Waals surface area contributed by atoms with Crippen molar-refractivity contribution in [2.45, 2.75) is 25.9 Å². The van der Waals surface area contributed by atoms with Gasteiger partial charge >= 0.3 is 12.4 Å². The van der Waals surface area contributed by atoms with Gasteiger partial charge in [-0.3, -0.25) is 0 Å². The molecule has 0 bridgehead atoms. The van der Waals surface area contributed by atoms with E-state index in [0.29, 0.717) is 17.8 Å². The molecule has 0 aliphatic heterocycles. The maximum absolute atomic E-state index is 12.7. The maximum Gasteiger partial charge on any atom is 0.416 e. The van der Waals surface area contributed by atoms with Gasteiger partial charge in [0.05, 0.1) is 21.8 Å². The predicted octanol–water partition coefficient (Wildman–Crippen LogP) is 5.07. The lowest BCUT2D eigenvalue weighted by Crippen LogP contribution is -2.11. The highest BCUT2D eigenvalue weighted by atomic mass is 32.1. The summed E-state index contributed by atoms with van der Waals surface area (Å²) in [6.07, 6.45) is -9.78. The first-order valence-electron chi connectivity index (χ1n) is 5.89. The molecule has 0 N–H and O–H groups in total. The molecule has 2 nitrogen and oxygen atoms in total. The zero-order chi connectivity index (χ0) is 16.5. The lowest BCUT2D eigenvalue weighted by atomic mass is 10.1. The van der Waals surface area contributed by atoms with E-state index >= 15 is 0 Å². The van der Waals surface area contributed by atoms with E-state index in [-0.39, 0.29) is 12.7 Å². The Morgan fingerprint density at radius 2 is 1.55 bits per heavy atom. The van der Waals surface area contributed by atoms with E-state index in [0.717, 1.165) is 5.01 Å². The topological polar surface area (TPSA) is 22.1 Å². The summed E-state index contributed by atoms with van der Waals surface area (Å²) in [4.78, 5) is 4.02. The predicted molar refractivity (Wildman–Crippen MR) is 67.6 cm³/mol. The van der Waals surface area contributed by atoms with E-state index in [2.05, 4.69) is 4.98 Å². The van der Waals surface area contributed by atoms with Crippen molar-refractivity contribution in [2.75, 3.05) is 0 Å². The molecule has 2 rings (SSSR count). The standard InChI is InChI=1S/C13H9F6NOS/c1-7-20-10(6-22-7)5-21-11-3-8(12(14,15)16)2-9(4-11)13(17,18)19/h2-4,6H,5H2,1H3. The molecule has 2 aromatic rings. The third-order valence-electron chi connectivity index (χ3n) is 2.61. The first-order chi connectivity index (χ1) is 10.1. The number of aromatic nitrogens is 1. The number of nitrogens with zero attached hydrogens (tertiary/aromatic N) is 1. The van der Waals surface area contributed by atoms with Gasteiger partial charge in [-0.15, -0.1) is 11.3 Å². The summed E-state index contributed by atoms with van der Waals surface area (Å²) in [5.74, 6) is -0.507. The molecule has 0 spiro atoms. The van der Waals surface area contributed by atoms with Gasteiger partial charge in [0.1, 0.15) is 12.4 Å². The molecule has 9 heteroatoms. The largest absolute Gasteiger partial charge is 0.487 e. The molecular formula is C13H9F6NOS. The van der Waals surface area contributed by atoms with Crippen LogP contribution in [-0.4, -0.2) is 4.98 Å². The minimum absolute atomic E-state index is 0.0554. The van der Waals surface area contributed by atoms with Gasteiger partial charge in [0, 0.05) is 5.38 Å². The molecular weight excluding hydrogens is 332 g/mol. The Morgan fingerprint density at radius 3 is 1.95 bits per heavy atom. The van der Waals surface area contributed by atoms with Gasteiger partial charge in [-0.05, 0) is 25.1 Å². The second-order valence-corrected chi connectivity index (χ2v) is 5.45. The number of thiazole rings is 1. The molecule has 0 atom stereocenters. The molecule has 0 saturated heterocycles. The normalized spacial score (nSPS) is 12.5. The van der Waals surface area contributed by atoms with E-state index < -0.39 is 29.2 Å². The van der Waals surface area contributed by atoms with Gasteiger partial charge in [-0.25, -0.2) is 4.98 Å². The summed E-state index contributed by atoms with van der Waals surface area (Å²) in [5, 5.41) is 2.34. The van der Waals surface area contributed by atoms with Crippen molar-refractivity contribution in [3.05, 3.63) is 45.4 Å². The minimum Gasteiger partial charge on any atom is -0.487 e. The van der Waals surface area contributed by atoms with Crippen LogP contribution in [0.3, 0.4) is 0 Å². The SMILES string of the molecule is Cc1nc(COc2cc(C(F)(F)F)cc(C(F)(F)F)c2)cs1. The zero-order valence-corrected chi connectivity index (χ0v) is 11.9. The fraction of sp³-hybridized carbons (Fsp3) is 0.308. The molecule has 1 heterocycles. The van der Waals surface area contributed by atoms with Crippen molar-refractivity contribution in [2.24, 2.45) is 0 Å². The molecule has 0 unspecified atom stereocenters. The molecule has 0 amide bonds. The van der Waals surface area contributed by atoms with Crippen LogP contribution in [-0.2, 0) is 19.0 Å². The Hall–Kier alpha value is -1.77. The van der Waals surface area contributed by atoms with Crippen molar-refractivity contribution >= 4 is 11.3 Å². The molecule has 0 radical (unpaired) electrons. The van der Waals surface area contributed by atoms with Gasteiger partial charge in [0.25, 0.3) is 0 Å². The van der Waals surface area contributed by atoms with Gasteiger partial charge in [0.2, 0.25) is 0 Å². The number of alkyl halides is 6. The quantitative estimate of drug-likeness (QED) is 0.728.